The molecule has 19 heavy (non-hydrogen) atoms. The van der Waals surface area contributed by atoms with Gasteiger partial charge in [-0.3, -0.25) is 0 Å². The van der Waals surface area contributed by atoms with Crippen LogP contribution in [0.25, 0.3) is 5.65 Å². The number of ether oxygens (including phenoxy) is 1. The van der Waals surface area contributed by atoms with Gasteiger partial charge in [0.05, 0.1) is 12.2 Å². The molecule has 1 saturated heterocycles. The highest BCUT2D eigenvalue weighted by Crippen LogP contribution is 2.17. The van der Waals surface area contributed by atoms with E-state index in [0.29, 0.717) is 18.7 Å². The van der Waals surface area contributed by atoms with E-state index in [9.17, 15) is 4.79 Å². The molecule has 3 N–H and O–H groups in total. The third kappa shape index (κ3) is 2.20. The summed E-state index contributed by atoms with van der Waals surface area (Å²) in [6.45, 7) is 3.86. The van der Waals surface area contributed by atoms with Crippen LogP contribution >= 0.6 is 0 Å². The van der Waals surface area contributed by atoms with Gasteiger partial charge in [0.15, 0.2) is 5.65 Å². The van der Waals surface area contributed by atoms with Gasteiger partial charge in [0.25, 0.3) is 0 Å². The molecule has 2 unspecified atom stereocenters. The fraction of sp³-hybridized carbons (Fsp3) is 0.545. The number of morpholine rings is 1. The normalized spacial score (nSPS) is 24.0. The number of nitrogens with two attached hydrogens (primary N) is 1. The highest BCUT2D eigenvalue weighted by Gasteiger charge is 2.25. The van der Waals surface area contributed by atoms with Gasteiger partial charge in [-0.05, 0) is 19.1 Å². The number of anilines is 1. The van der Waals surface area contributed by atoms with E-state index in [1.54, 1.807) is 6.07 Å². The maximum atomic E-state index is 11.5. The van der Waals surface area contributed by atoms with Gasteiger partial charge in [-0.15, -0.1) is 5.10 Å². The van der Waals surface area contributed by atoms with Crippen molar-refractivity contribution in [3.8, 4) is 0 Å². The van der Waals surface area contributed by atoms with Crippen LogP contribution in [0.5, 0.6) is 0 Å². The number of nitrogens with one attached hydrogen (secondary N) is 1. The van der Waals surface area contributed by atoms with Crippen LogP contribution in [0.1, 0.15) is 6.92 Å². The summed E-state index contributed by atoms with van der Waals surface area (Å²) in [6.07, 6.45) is 0.0724. The van der Waals surface area contributed by atoms with E-state index in [4.69, 9.17) is 10.5 Å². The van der Waals surface area contributed by atoms with E-state index in [2.05, 4.69) is 20.2 Å². The lowest BCUT2D eigenvalue weighted by atomic mass is 10.2. The number of aromatic nitrogens is 4. The maximum Gasteiger partial charge on any atom is 0.364 e. The Labute approximate surface area is 109 Å². The largest absolute Gasteiger partial charge is 0.370 e. The first-order chi connectivity index (χ1) is 9.17. The molecule has 0 aromatic carbocycles. The van der Waals surface area contributed by atoms with Gasteiger partial charge >= 0.3 is 5.69 Å². The Hall–Kier alpha value is -1.93. The third-order valence-corrected chi connectivity index (χ3v) is 3.17. The first-order valence-electron chi connectivity index (χ1n) is 6.22. The van der Waals surface area contributed by atoms with Crippen LogP contribution in [0, 0.1) is 0 Å². The van der Waals surface area contributed by atoms with E-state index in [1.807, 2.05) is 13.0 Å². The molecule has 0 spiro atoms. The topological polar surface area (TPSA) is 102 Å². The molecule has 8 heteroatoms. The molecule has 3 heterocycles. The number of hydrogen-bond acceptors (Lipinski definition) is 6. The smallest absolute Gasteiger partial charge is 0.364 e. The average Bonchev–Trinajstić information content (AvgIpc) is 2.79. The van der Waals surface area contributed by atoms with Crippen LogP contribution in [0.15, 0.2) is 16.9 Å². The van der Waals surface area contributed by atoms with Crippen LogP contribution in [0.3, 0.4) is 0 Å². The molecule has 0 amide bonds. The maximum absolute atomic E-state index is 11.5. The minimum atomic E-state index is -0.339. The number of H-pyrrole nitrogens is 1. The second kappa shape index (κ2) is 4.63. The minimum absolute atomic E-state index is 0.0117. The summed E-state index contributed by atoms with van der Waals surface area (Å²) >= 11 is 0. The highest BCUT2D eigenvalue weighted by atomic mass is 16.5. The number of rotatable bonds is 2. The summed E-state index contributed by atoms with van der Waals surface area (Å²) in [5, 5.41) is 10.5. The molecule has 1 aliphatic rings. The Morgan fingerprint density at radius 1 is 1.53 bits per heavy atom. The van der Waals surface area contributed by atoms with Crippen molar-refractivity contribution in [1.29, 1.82) is 0 Å². The minimum Gasteiger partial charge on any atom is -0.370 e. The summed E-state index contributed by atoms with van der Waals surface area (Å²) in [6, 6.07) is 3.61. The third-order valence-electron chi connectivity index (χ3n) is 3.17. The highest BCUT2D eigenvalue weighted by molar-refractivity contribution is 5.45. The molecule has 2 atom stereocenters. The van der Waals surface area contributed by atoms with Crippen molar-refractivity contribution in [2.45, 2.75) is 19.1 Å². The second-order valence-corrected chi connectivity index (χ2v) is 4.70. The molecule has 1 aliphatic heterocycles. The van der Waals surface area contributed by atoms with Crippen molar-refractivity contribution in [2.24, 2.45) is 5.73 Å². The zero-order valence-corrected chi connectivity index (χ0v) is 10.6. The van der Waals surface area contributed by atoms with Crippen molar-refractivity contribution in [3.63, 3.8) is 0 Å². The lowest BCUT2D eigenvalue weighted by Crippen LogP contribution is -2.49. The summed E-state index contributed by atoms with van der Waals surface area (Å²) in [4.78, 5) is 13.6. The number of hydrogen-bond donors (Lipinski definition) is 2. The Balaban J connectivity index is 1.94. The molecular formula is C11H16N6O2. The van der Waals surface area contributed by atoms with E-state index < -0.39 is 0 Å². The predicted molar refractivity (Wildman–Crippen MR) is 69.2 cm³/mol. The van der Waals surface area contributed by atoms with Crippen molar-refractivity contribution in [3.05, 3.63) is 22.6 Å². The van der Waals surface area contributed by atoms with Gasteiger partial charge in [0, 0.05) is 19.6 Å². The lowest BCUT2D eigenvalue weighted by Gasteiger charge is -2.36. The van der Waals surface area contributed by atoms with E-state index in [0.717, 1.165) is 12.4 Å². The van der Waals surface area contributed by atoms with Gasteiger partial charge in [0.1, 0.15) is 5.82 Å². The molecule has 0 radical (unpaired) electrons. The molecule has 0 saturated carbocycles. The first-order valence-corrected chi connectivity index (χ1v) is 6.22. The number of aromatic amines is 1. The average molecular weight is 264 g/mol. The molecular weight excluding hydrogens is 248 g/mol. The van der Waals surface area contributed by atoms with E-state index in [-0.39, 0.29) is 17.9 Å². The van der Waals surface area contributed by atoms with Crippen molar-refractivity contribution in [2.75, 3.05) is 24.5 Å². The molecule has 0 bridgehead atoms. The fourth-order valence-electron chi connectivity index (χ4n) is 2.32. The van der Waals surface area contributed by atoms with Gasteiger partial charge in [-0.1, -0.05) is 0 Å². The summed E-state index contributed by atoms with van der Waals surface area (Å²) < 4.78 is 6.96. The van der Waals surface area contributed by atoms with Gasteiger partial charge in [-0.25, -0.2) is 9.89 Å². The zero-order chi connectivity index (χ0) is 13.4. The molecule has 8 nitrogen and oxygen atoms in total. The Morgan fingerprint density at radius 3 is 3.16 bits per heavy atom. The van der Waals surface area contributed by atoms with E-state index in [1.165, 1.54) is 4.52 Å². The van der Waals surface area contributed by atoms with Crippen molar-refractivity contribution in [1.82, 2.24) is 19.8 Å². The quantitative estimate of drug-likeness (QED) is 0.719. The molecule has 2 aromatic rings. The Kier molecular flexibility index (Phi) is 2.96. The molecule has 1 fully saturated rings. The first kappa shape index (κ1) is 12.1. The van der Waals surface area contributed by atoms with Crippen LogP contribution in [0.4, 0.5) is 5.82 Å². The summed E-state index contributed by atoms with van der Waals surface area (Å²) in [7, 11) is 0. The SMILES string of the molecule is CC1CN(c2ccc3n[nH]c(=O)n3n2)CC(CN)O1. The lowest BCUT2D eigenvalue weighted by molar-refractivity contribution is -0.0107. The zero-order valence-electron chi connectivity index (χ0n) is 10.6. The van der Waals surface area contributed by atoms with Crippen LogP contribution in [-0.4, -0.2) is 51.7 Å². The molecule has 0 aliphatic carbocycles. The van der Waals surface area contributed by atoms with Crippen LogP contribution < -0.4 is 16.3 Å². The number of fused-ring (bicyclic) bond motifs is 1. The number of nitrogens with zero attached hydrogens (tertiary/aromatic N) is 4. The summed E-state index contributed by atoms with van der Waals surface area (Å²) in [5.74, 6) is 0.726. The Morgan fingerprint density at radius 2 is 2.37 bits per heavy atom. The van der Waals surface area contributed by atoms with Crippen molar-refractivity contribution < 1.29 is 4.74 Å². The Bertz CT molecular complexity index is 635. The molecule has 2 aromatic heterocycles. The van der Waals surface area contributed by atoms with Gasteiger partial charge in [-0.2, -0.15) is 9.61 Å². The fourth-order valence-corrected chi connectivity index (χ4v) is 2.32. The van der Waals surface area contributed by atoms with Crippen molar-refractivity contribution >= 4 is 11.5 Å². The van der Waals surface area contributed by atoms with Gasteiger partial charge in [0.2, 0.25) is 0 Å². The summed E-state index contributed by atoms with van der Waals surface area (Å²) in [5.41, 5.74) is 5.83. The van der Waals surface area contributed by atoms with Gasteiger partial charge < -0.3 is 15.4 Å². The van der Waals surface area contributed by atoms with E-state index >= 15 is 0 Å². The predicted octanol–water partition coefficient (Wildman–Crippen LogP) is -1.03. The standard InChI is InChI=1S/C11H16N6O2/c1-7-5-16(6-8(4-12)19-7)10-3-2-9-13-14-11(18)17(9)15-10/h2-3,7-8H,4-6,12H2,1H3,(H,14,18). The molecule has 3 rings (SSSR count). The van der Waals surface area contributed by atoms with Crippen LogP contribution in [-0.2, 0) is 4.74 Å². The second-order valence-electron chi connectivity index (χ2n) is 4.70. The van der Waals surface area contributed by atoms with Crippen LogP contribution in [0.2, 0.25) is 0 Å². The monoisotopic (exact) mass is 264 g/mol. The molecule has 102 valence electrons.